The van der Waals surface area contributed by atoms with Crippen LogP contribution in [-0.2, 0) is 14.4 Å². The van der Waals surface area contributed by atoms with Gasteiger partial charge in [0.25, 0.3) is 0 Å². The smallest absolute Gasteiger partial charge is 0.314 e. The Labute approximate surface area is 168 Å². The number of hydrogen-bond donors (Lipinski definition) is 2. The Morgan fingerprint density at radius 2 is 1.76 bits per heavy atom. The molecule has 1 saturated heterocycles. The molecule has 0 atom stereocenters. The number of carbonyl (C=O) groups excluding carboxylic acids is 3. The zero-order valence-electron chi connectivity index (χ0n) is 16.6. The zero-order valence-corrected chi connectivity index (χ0v) is 16.6. The molecule has 0 aromatic heterocycles. The average Bonchev–Trinajstić information content (AvgIpc) is 3.14. The first kappa shape index (κ1) is 20.2. The maximum absolute atomic E-state index is 12.4. The quantitative estimate of drug-likeness (QED) is 0.756. The molecule has 0 saturated carbocycles. The second-order valence-corrected chi connectivity index (χ2v) is 6.62. The van der Waals surface area contributed by atoms with Crippen LogP contribution in [0.4, 0.5) is 17.1 Å². The molecule has 0 unspecified atom stereocenters. The number of carbonyl (C=O) groups is 3. The Morgan fingerprint density at radius 1 is 1.00 bits per heavy atom. The number of anilines is 3. The SMILES string of the molecule is COc1ccc(OC)c(NC(=O)C(=O)Nc2ccc(C)c(N3CCCC3=O)c2)c1. The number of nitrogens with one attached hydrogen (secondary N) is 2. The average molecular weight is 397 g/mol. The Hall–Kier alpha value is -3.55. The topological polar surface area (TPSA) is 97.0 Å². The normalized spacial score (nSPS) is 13.2. The van der Waals surface area contributed by atoms with Crippen LogP contribution in [0.2, 0.25) is 0 Å². The van der Waals surface area contributed by atoms with Gasteiger partial charge in [0.15, 0.2) is 0 Å². The van der Waals surface area contributed by atoms with Gasteiger partial charge in [0, 0.05) is 30.4 Å². The van der Waals surface area contributed by atoms with E-state index in [2.05, 4.69) is 10.6 Å². The molecular formula is C21H23N3O5. The highest BCUT2D eigenvalue weighted by Crippen LogP contribution is 2.30. The minimum atomic E-state index is -0.851. The van der Waals surface area contributed by atoms with E-state index in [-0.39, 0.29) is 5.91 Å². The van der Waals surface area contributed by atoms with Crippen LogP contribution < -0.4 is 25.0 Å². The Morgan fingerprint density at radius 3 is 2.41 bits per heavy atom. The molecule has 0 aliphatic carbocycles. The molecule has 8 heteroatoms. The molecule has 2 N–H and O–H groups in total. The van der Waals surface area contributed by atoms with Crippen LogP contribution in [0.25, 0.3) is 0 Å². The summed E-state index contributed by atoms with van der Waals surface area (Å²) in [5, 5.41) is 5.10. The molecule has 1 fully saturated rings. The summed E-state index contributed by atoms with van der Waals surface area (Å²) in [4.78, 5) is 38.5. The highest BCUT2D eigenvalue weighted by atomic mass is 16.5. The molecule has 2 aromatic rings. The fourth-order valence-electron chi connectivity index (χ4n) is 3.16. The summed E-state index contributed by atoms with van der Waals surface area (Å²) in [5.41, 5.74) is 2.41. The molecule has 152 valence electrons. The lowest BCUT2D eigenvalue weighted by atomic mass is 10.1. The second kappa shape index (κ2) is 8.64. The summed E-state index contributed by atoms with van der Waals surface area (Å²) in [6.45, 7) is 2.54. The van der Waals surface area contributed by atoms with E-state index >= 15 is 0 Å². The van der Waals surface area contributed by atoms with E-state index in [0.717, 1.165) is 17.7 Å². The summed E-state index contributed by atoms with van der Waals surface area (Å²) in [5.74, 6) is -0.718. The third-order valence-corrected chi connectivity index (χ3v) is 4.69. The van der Waals surface area contributed by atoms with Crippen molar-refractivity contribution in [2.24, 2.45) is 0 Å². The predicted molar refractivity (Wildman–Crippen MR) is 110 cm³/mol. The molecule has 1 aliphatic rings. The fourth-order valence-corrected chi connectivity index (χ4v) is 3.16. The maximum Gasteiger partial charge on any atom is 0.314 e. The van der Waals surface area contributed by atoms with Gasteiger partial charge in [-0.3, -0.25) is 14.4 Å². The van der Waals surface area contributed by atoms with E-state index in [0.29, 0.717) is 35.8 Å². The van der Waals surface area contributed by atoms with Crippen molar-refractivity contribution >= 4 is 34.8 Å². The van der Waals surface area contributed by atoms with Gasteiger partial charge >= 0.3 is 11.8 Å². The molecule has 8 nitrogen and oxygen atoms in total. The van der Waals surface area contributed by atoms with Gasteiger partial charge in [-0.1, -0.05) is 6.07 Å². The molecule has 3 amide bonds. The van der Waals surface area contributed by atoms with Crippen molar-refractivity contribution in [3.05, 3.63) is 42.0 Å². The van der Waals surface area contributed by atoms with Crippen molar-refractivity contribution in [2.45, 2.75) is 19.8 Å². The van der Waals surface area contributed by atoms with Crippen molar-refractivity contribution in [3.8, 4) is 11.5 Å². The third-order valence-electron chi connectivity index (χ3n) is 4.69. The summed E-state index contributed by atoms with van der Waals surface area (Å²) in [7, 11) is 2.96. The van der Waals surface area contributed by atoms with Crippen LogP contribution in [-0.4, -0.2) is 38.5 Å². The van der Waals surface area contributed by atoms with Gasteiger partial charge in [0.05, 0.1) is 19.9 Å². The van der Waals surface area contributed by atoms with Crippen molar-refractivity contribution in [3.63, 3.8) is 0 Å². The van der Waals surface area contributed by atoms with E-state index in [4.69, 9.17) is 9.47 Å². The molecule has 29 heavy (non-hydrogen) atoms. The summed E-state index contributed by atoms with van der Waals surface area (Å²) >= 11 is 0. The first-order chi connectivity index (χ1) is 13.9. The summed E-state index contributed by atoms with van der Waals surface area (Å²) in [6, 6.07) is 10.1. The van der Waals surface area contributed by atoms with Gasteiger partial charge in [-0.05, 0) is 43.2 Å². The van der Waals surface area contributed by atoms with E-state index in [9.17, 15) is 14.4 Å². The highest BCUT2D eigenvalue weighted by Gasteiger charge is 2.24. The monoisotopic (exact) mass is 397 g/mol. The lowest BCUT2D eigenvalue weighted by Gasteiger charge is -2.19. The minimum Gasteiger partial charge on any atom is -0.497 e. The molecular weight excluding hydrogens is 374 g/mol. The molecule has 3 rings (SSSR count). The van der Waals surface area contributed by atoms with Crippen LogP contribution in [0.5, 0.6) is 11.5 Å². The highest BCUT2D eigenvalue weighted by molar-refractivity contribution is 6.43. The lowest BCUT2D eigenvalue weighted by Crippen LogP contribution is -2.29. The largest absolute Gasteiger partial charge is 0.497 e. The Kier molecular flexibility index (Phi) is 6.01. The van der Waals surface area contributed by atoms with Crippen LogP contribution in [0.3, 0.4) is 0 Å². The van der Waals surface area contributed by atoms with E-state index in [1.807, 2.05) is 6.92 Å². The van der Waals surface area contributed by atoms with Crippen molar-refractivity contribution in [1.29, 1.82) is 0 Å². The van der Waals surface area contributed by atoms with Crippen molar-refractivity contribution in [2.75, 3.05) is 36.3 Å². The Bertz CT molecular complexity index is 957. The molecule has 1 heterocycles. The van der Waals surface area contributed by atoms with Gasteiger partial charge in [0.2, 0.25) is 5.91 Å². The summed E-state index contributed by atoms with van der Waals surface area (Å²) < 4.78 is 10.3. The van der Waals surface area contributed by atoms with E-state index in [1.165, 1.54) is 14.2 Å². The number of methoxy groups -OCH3 is 2. The number of hydrogen-bond acceptors (Lipinski definition) is 5. The fraction of sp³-hybridized carbons (Fsp3) is 0.286. The number of benzene rings is 2. The van der Waals surface area contributed by atoms with Crippen molar-refractivity contribution < 1.29 is 23.9 Å². The van der Waals surface area contributed by atoms with E-state index < -0.39 is 11.8 Å². The molecule has 0 radical (unpaired) electrons. The molecule has 2 aromatic carbocycles. The maximum atomic E-state index is 12.4. The van der Waals surface area contributed by atoms with Crippen LogP contribution >= 0.6 is 0 Å². The minimum absolute atomic E-state index is 0.0550. The molecule has 0 bridgehead atoms. The van der Waals surface area contributed by atoms with Gasteiger partial charge < -0.3 is 25.0 Å². The molecule has 0 spiro atoms. The summed E-state index contributed by atoms with van der Waals surface area (Å²) in [6.07, 6.45) is 1.32. The number of rotatable bonds is 5. The number of amides is 3. The van der Waals surface area contributed by atoms with Crippen LogP contribution in [0.15, 0.2) is 36.4 Å². The standard InChI is InChI=1S/C21H23N3O5/c1-13-6-7-14(11-17(13)24-10-4-5-19(24)25)22-20(26)21(27)23-16-12-15(28-2)8-9-18(16)29-3/h6-9,11-12H,4-5,10H2,1-3H3,(H,22,26)(H,23,27). The number of nitrogens with zero attached hydrogens (tertiary/aromatic N) is 1. The van der Waals surface area contributed by atoms with Crippen LogP contribution in [0, 0.1) is 6.92 Å². The van der Waals surface area contributed by atoms with E-state index in [1.54, 1.807) is 41.3 Å². The predicted octanol–water partition coefficient (Wildman–Crippen LogP) is 2.72. The number of aryl methyl sites for hydroxylation is 1. The third kappa shape index (κ3) is 4.48. The zero-order chi connectivity index (χ0) is 21.0. The van der Waals surface area contributed by atoms with Crippen LogP contribution in [0.1, 0.15) is 18.4 Å². The molecule has 1 aliphatic heterocycles. The van der Waals surface area contributed by atoms with Gasteiger partial charge in [0.1, 0.15) is 11.5 Å². The first-order valence-electron chi connectivity index (χ1n) is 9.18. The van der Waals surface area contributed by atoms with Gasteiger partial charge in [-0.2, -0.15) is 0 Å². The van der Waals surface area contributed by atoms with Crippen molar-refractivity contribution in [1.82, 2.24) is 0 Å². The Balaban J connectivity index is 1.73. The first-order valence-corrected chi connectivity index (χ1v) is 9.18. The lowest BCUT2D eigenvalue weighted by molar-refractivity contribution is -0.133. The number of ether oxygens (including phenoxy) is 2. The van der Waals surface area contributed by atoms with Gasteiger partial charge in [-0.15, -0.1) is 0 Å². The van der Waals surface area contributed by atoms with Gasteiger partial charge in [-0.25, -0.2) is 0 Å². The second-order valence-electron chi connectivity index (χ2n) is 6.62.